The lowest BCUT2D eigenvalue weighted by atomic mass is 9.67. The largest absolute Gasteiger partial charge is 0.343 e. The molecule has 1 amide bonds. The molecular weight excluding hydrogens is 212 g/mol. The van der Waals surface area contributed by atoms with Crippen LogP contribution in [0, 0.1) is 5.41 Å². The van der Waals surface area contributed by atoms with Crippen molar-refractivity contribution in [2.24, 2.45) is 5.41 Å². The van der Waals surface area contributed by atoms with E-state index in [2.05, 4.69) is 19.0 Å². The maximum atomic E-state index is 11.3. The van der Waals surface area contributed by atoms with E-state index in [4.69, 9.17) is 0 Å². The second kappa shape index (κ2) is 4.97. The van der Waals surface area contributed by atoms with E-state index in [1.165, 1.54) is 38.5 Å². The van der Waals surface area contributed by atoms with Crippen LogP contribution in [-0.2, 0) is 4.79 Å². The Bertz CT molecular complexity index is 270. The predicted molar refractivity (Wildman–Crippen MR) is 69.9 cm³/mol. The molecule has 0 aromatic rings. The molecule has 2 rings (SSSR count). The lowest BCUT2D eigenvalue weighted by Gasteiger charge is -2.46. The van der Waals surface area contributed by atoms with Crippen LogP contribution in [0.25, 0.3) is 0 Å². The zero-order valence-electron chi connectivity index (χ0n) is 11.5. The van der Waals surface area contributed by atoms with E-state index in [1.807, 2.05) is 4.90 Å². The van der Waals surface area contributed by atoms with Gasteiger partial charge in [-0.2, -0.15) is 0 Å². The zero-order valence-corrected chi connectivity index (χ0v) is 11.5. The number of amides is 1. The molecule has 0 aromatic heterocycles. The van der Waals surface area contributed by atoms with Gasteiger partial charge in [0.25, 0.3) is 0 Å². The van der Waals surface area contributed by atoms with E-state index >= 15 is 0 Å². The first kappa shape index (κ1) is 12.9. The minimum atomic E-state index is 0.252. The number of nitrogens with zero attached hydrogens (tertiary/aromatic N) is 2. The number of rotatable bonds is 1. The van der Waals surface area contributed by atoms with E-state index in [9.17, 15) is 4.79 Å². The molecule has 0 atom stereocenters. The van der Waals surface area contributed by atoms with Gasteiger partial charge < -0.3 is 9.80 Å². The molecular formula is C14H26N2O. The molecule has 1 spiro atoms. The van der Waals surface area contributed by atoms with Gasteiger partial charge in [0.1, 0.15) is 0 Å². The van der Waals surface area contributed by atoms with Gasteiger partial charge in [-0.1, -0.05) is 0 Å². The Morgan fingerprint density at radius 2 is 1.65 bits per heavy atom. The molecule has 3 nitrogen and oxygen atoms in total. The van der Waals surface area contributed by atoms with Gasteiger partial charge in [-0.05, 0) is 58.0 Å². The van der Waals surface area contributed by atoms with Crippen molar-refractivity contribution in [1.82, 2.24) is 9.80 Å². The summed E-state index contributed by atoms with van der Waals surface area (Å²) < 4.78 is 0. The van der Waals surface area contributed by atoms with Crippen LogP contribution in [0.3, 0.4) is 0 Å². The summed E-state index contributed by atoms with van der Waals surface area (Å²) in [4.78, 5) is 15.7. The van der Waals surface area contributed by atoms with Crippen LogP contribution in [0.1, 0.15) is 45.4 Å². The smallest absolute Gasteiger partial charge is 0.219 e. The number of carbonyl (C=O) groups is 1. The minimum Gasteiger partial charge on any atom is -0.343 e. The Balaban J connectivity index is 1.86. The Labute approximate surface area is 105 Å². The molecule has 1 saturated carbocycles. The third-order valence-corrected chi connectivity index (χ3v) is 5.02. The molecule has 0 unspecified atom stereocenters. The van der Waals surface area contributed by atoms with Crippen molar-refractivity contribution in [2.75, 3.05) is 27.2 Å². The van der Waals surface area contributed by atoms with E-state index in [1.54, 1.807) is 6.92 Å². The number of piperidine rings is 1. The van der Waals surface area contributed by atoms with E-state index in [-0.39, 0.29) is 5.91 Å². The van der Waals surface area contributed by atoms with Gasteiger partial charge >= 0.3 is 0 Å². The highest BCUT2D eigenvalue weighted by molar-refractivity contribution is 5.73. The summed E-state index contributed by atoms with van der Waals surface area (Å²) in [5.74, 6) is 0.252. The van der Waals surface area contributed by atoms with Crippen LogP contribution >= 0.6 is 0 Å². The Kier molecular flexibility index (Phi) is 3.76. The van der Waals surface area contributed by atoms with E-state index in [0.717, 1.165) is 19.1 Å². The molecule has 3 heteroatoms. The normalized spacial score (nSPS) is 25.5. The average Bonchev–Trinajstić information content (AvgIpc) is 2.30. The standard InChI is InChI=1S/C14H26N2O/c1-12(17)16-10-8-14(9-11-16)6-4-13(5-7-14)15(2)3/h13H,4-11H2,1-3H3. The first-order valence-corrected chi connectivity index (χ1v) is 6.94. The molecule has 1 heterocycles. The van der Waals surface area contributed by atoms with Gasteiger partial charge in [0.2, 0.25) is 5.91 Å². The molecule has 1 aliphatic carbocycles. The van der Waals surface area contributed by atoms with Crippen molar-refractivity contribution in [2.45, 2.75) is 51.5 Å². The third kappa shape index (κ3) is 2.82. The molecule has 1 saturated heterocycles. The van der Waals surface area contributed by atoms with Crippen molar-refractivity contribution in [3.8, 4) is 0 Å². The van der Waals surface area contributed by atoms with E-state index in [0.29, 0.717) is 5.41 Å². The summed E-state index contributed by atoms with van der Waals surface area (Å²) in [5.41, 5.74) is 0.568. The van der Waals surface area contributed by atoms with E-state index < -0.39 is 0 Å². The van der Waals surface area contributed by atoms with Crippen molar-refractivity contribution in [3.63, 3.8) is 0 Å². The maximum Gasteiger partial charge on any atom is 0.219 e. The predicted octanol–water partition coefficient (Wildman–Crippen LogP) is 2.12. The number of likely N-dealkylation sites (tertiary alicyclic amines) is 1. The fourth-order valence-electron chi connectivity index (χ4n) is 3.53. The third-order valence-electron chi connectivity index (χ3n) is 5.02. The number of hydrogen-bond donors (Lipinski definition) is 0. The fourth-order valence-corrected chi connectivity index (χ4v) is 3.53. The highest BCUT2D eigenvalue weighted by atomic mass is 16.2. The number of carbonyl (C=O) groups excluding carboxylic acids is 1. The van der Waals surface area contributed by atoms with Crippen molar-refractivity contribution in [1.29, 1.82) is 0 Å². The highest BCUT2D eigenvalue weighted by Gasteiger charge is 2.38. The molecule has 0 aromatic carbocycles. The van der Waals surface area contributed by atoms with Gasteiger partial charge in [0.15, 0.2) is 0 Å². The molecule has 17 heavy (non-hydrogen) atoms. The van der Waals surface area contributed by atoms with Crippen LogP contribution < -0.4 is 0 Å². The molecule has 1 aliphatic heterocycles. The Morgan fingerprint density at radius 1 is 1.12 bits per heavy atom. The minimum absolute atomic E-state index is 0.252. The van der Waals surface area contributed by atoms with Gasteiger partial charge in [-0.15, -0.1) is 0 Å². The second-order valence-corrected chi connectivity index (χ2v) is 6.20. The molecule has 2 aliphatic rings. The molecule has 0 N–H and O–H groups in total. The van der Waals surface area contributed by atoms with Crippen LogP contribution in [0.5, 0.6) is 0 Å². The first-order chi connectivity index (χ1) is 8.02. The summed E-state index contributed by atoms with van der Waals surface area (Å²) in [6.45, 7) is 3.67. The molecule has 2 fully saturated rings. The van der Waals surface area contributed by atoms with Gasteiger partial charge in [-0.25, -0.2) is 0 Å². The summed E-state index contributed by atoms with van der Waals surface area (Å²) in [5, 5.41) is 0. The topological polar surface area (TPSA) is 23.6 Å². The van der Waals surface area contributed by atoms with Gasteiger partial charge in [0.05, 0.1) is 0 Å². The van der Waals surface area contributed by atoms with Crippen LogP contribution in [0.2, 0.25) is 0 Å². The summed E-state index contributed by atoms with van der Waals surface area (Å²) >= 11 is 0. The monoisotopic (exact) mass is 238 g/mol. The van der Waals surface area contributed by atoms with Crippen molar-refractivity contribution in [3.05, 3.63) is 0 Å². The second-order valence-electron chi connectivity index (χ2n) is 6.20. The van der Waals surface area contributed by atoms with Crippen LogP contribution in [0.15, 0.2) is 0 Å². The van der Waals surface area contributed by atoms with Gasteiger partial charge in [0, 0.05) is 26.1 Å². The van der Waals surface area contributed by atoms with Crippen LogP contribution in [0.4, 0.5) is 0 Å². The Morgan fingerprint density at radius 3 is 2.06 bits per heavy atom. The molecule has 0 bridgehead atoms. The van der Waals surface area contributed by atoms with Crippen molar-refractivity contribution >= 4 is 5.91 Å². The number of hydrogen-bond acceptors (Lipinski definition) is 2. The molecule has 98 valence electrons. The molecule has 0 radical (unpaired) electrons. The summed E-state index contributed by atoms with van der Waals surface area (Å²) in [6, 6.07) is 0.784. The lowest BCUT2D eigenvalue weighted by Crippen LogP contribution is -2.45. The Hall–Kier alpha value is -0.570. The first-order valence-electron chi connectivity index (χ1n) is 6.94. The van der Waals surface area contributed by atoms with Crippen molar-refractivity contribution < 1.29 is 4.79 Å². The summed E-state index contributed by atoms with van der Waals surface area (Å²) in [6.07, 6.45) is 7.86. The summed E-state index contributed by atoms with van der Waals surface area (Å²) in [7, 11) is 4.39. The maximum absolute atomic E-state index is 11.3. The van der Waals surface area contributed by atoms with Crippen LogP contribution in [-0.4, -0.2) is 48.9 Å². The highest BCUT2D eigenvalue weighted by Crippen LogP contribution is 2.45. The van der Waals surface area contributed by atoms with Gasteiger partial charge in [-0.3, -0.25) is 4.79 Å². The average molecular weight is 238 g/mol. The lowest BCUT2D eigenvalue weighted by molar-refractivity contribution is -0.131. The fraction of sp³-hybridized carbons (Fsp3) is 0.929. The zero-order chi connectivity index (χ0) is 12.5. The SMILES string of the molecule is CC(=O)N1CCC2(CCC(N(C)C)CC2)CC1. The quantitative estimate of drug-likeness (QED) is 0.698.